The van der Waals surface area contributed by atoms with Gasteiger partial charge >= 0.3 is 0 Å². The van der Waals surface area contributed by atoms with Crippen molar-refractivity contribution in [2.45, 2.75) is 18.8 Å². The highest BCUT2D eigenvalue weighted by molar-refractivity contribution is 9.10. The standard InChI is InChI=1S/C21H15BrClNS/c22-15-8-9-18(24-17-4-2-1-3-16(17)23)21-20(15)14-11-13(12-5-6-12)7-10-19(14)25-21/h1-4,7-12,24H,5-6H2. The Morgan fingerprint density at radius 1 is 1.00 bits per heavy atom. The van der Waals surface area contributed by atoms with E-state index < -0.39 is 0 Å². The van der Waals surface area contributed by atoms with Crippen LogP contribution in [0.4, 0.5) is 11.4 Å². The molecule has 0 unspecified atom stereocenters. The van der Waals surface area contributed by atoms with Crippen molar-refractivity contribution in [2.75, 3.05) is 5.32 Å². The summed E-state index contributed by atoms with van der Waals surface area (Å²) in [4.78, 5) is 0. The number of halogens is 2. The molecule has 1 aliphatic carbocycles. The average Bonchev–Trinajstić information content (AvgIpc) is 3.39. The number of hydrogen-bond donors (Lipinski definition) is 1. The molecule has 1 nitrogen and oxygen atoms in total. The summed E-state index contributed by atoms with van der Waals surface area (Å²) in [6.07, 6.45) is 2.65. The molecule has 0 saturated heterocycles. The van der Waals surface area contributed by atoms with Crippen LogP contribution in [0.2, 0.25) is 5.02 Å². The summed E-state index contributed by atoms with van der Waals surface area (Å²) in [5.41, 5.74) is 3.51. The van der Waals surface area contributed by atoms with Crippen molar-refractivity contribution >= 4 is 70.4 Å². The van der Waals surface area contributed by atoms with Gasteiger partial charge in [0.2, 0.25) is 0 Å². The molecule has 0 atom stereocenters. The topological polar surface area (TPSA) is 12.0 Å². The van der Waals surface area contributed by atoms with E-state index in [9.17, 15) is 0 Å². The fraction of sp³-hybridized carbons (Fsp3) is 0.143. The van der Waals surface area contributed by atoms with E-state index in [0.29, 0.717) is 0 Å². The van der Waals surface area contributed by atoms with Gasteiger partial charge in [-0.05, 0) is 60.7 Å². The van der Waals surface area contributed by atoms with Crippen LogP contribution in [0.25, 0.3) is 20.2 Å². The van der Waals surface area contributed by atoms with Crippen molar-refractivity contribution in [3.63, 3.8) is 0 Å². The van der Waals surface area contributed by atoms with Gasteiger partial charge in [0.15, 0.2) is 0 Å². The van der Waals surface area contributed by atoms with Crippen molar-refractivity contribution in [3.8, 4) is 0 Å². The molecule has 3 aromatic carbocycles. The second kappa shape index (κ2) is 6.01. The van der Waals surface area contributed by atoms with Crippen LogP contribution in [-0.2, 0) is 0 Å². The lowest BCUT2D eigenvalue weighted by molar-refractivity contribution is 1.14. The zero-order chi connectivity index (χ0) is 17.0. The van der Waals surface area contributed by atoms with Gasteiger partial charge in [0, 0.05) is 19.9 Å². The van der Waals surface area contributed by atoms with Gasteiger partial charge in [0.05, 0.1) is 21.1 Å². The summed E-state index contributed by atoms with van der Waals surface area (Å²) >= 11 is 11.9. The fourth-order valence-electron chi connectivity index (χ4n) is 3.33. The lowest BCUT2D eigenvalue weighted by atomic mass is 10.1. The average molecular weight is 429 g/mol. The largest absolute Gasteiger partial charge is 0.353 e. The Kier molecular flexibility index (Phi) is 3.77. The molecule has 1 fully saturated rings. The Morgan fingerprint density at radius 2 is 1.84 bits per heavy atom. The van der Waals surface area contributed by atoms with Crippen molar-refractivity contribution < 1.29 is 0 Å². The van der Waals surface area contributed by atoms with Crippen molar-refractivity contribution in [1.29, 1.82) is 0 Å². The van der Waals surface area contributed by atoms with E-state index in [1.165, 1.54) is 38.6 Å². The van der Waals surface area contributed by atoms with Gasteiger partial charge in [-0.25, -0.2) is 0 Å². The van der Waals surface area contributed by atoms with Gasteiger partial charge in [-0.1, -0.05) is 45.7 Å². The van der Waals surface area contributed by atoms with Gasteiger partial charge in [0.1, 0.15) is 0 Å². The van der Waals surface area contributed by atoms with E-state index in [0.717, 1.165) is 26.8 Å². The number of hydrogen-bond acceptors (Lipinski definition) is 2. The molecule has 1 aromatic heterocycles. The van der Waals surface area contributed by atoms with Crippen LogP contribution >= 0.6 is 38.9 Å². The molecule has 0 bridgehead atoms. The Morgan fingerprint density at radius 3 is 2.64 bits per heavy atom. The molecule has 1 heterocycles. The predicted molar refractivity (Wildman–Crippen MR) is 114 cm³/mol. The van der Waals surface area contributed by atoms with Crippen LogP contribution in [0.5, 0.6) is 0 Å². The van der Waals surface area contributed by atoms with Gasteiger partial charge < -0.3 is 5.32 Å². The molecule has 4 aromatic rings. The predicted octanol–water partition coefficient (Wildman–Crippen LogP) is 8.09. The van der Waals surface area contributed by atoms with Gasteiger partial charge in [0.25, 0.3) is 0 Å². The van der Waals surface area contributed by atoms with E-state index >= 15 is 0 Å². The zero-order valence-corrected chi connectivity index (χ0v) is 16.5. The monoisotopic (exact) mass is 427 g/mol. The summed E-state index contributed by atoms with van der Waals surface area (Å²) in [5, 5.41) is 6.88. The molecular formula is C21H15BrClNS. The molecular weight excluding hydrogens is 414 g/mol. The Balaban J connectivity index is 1.71. The maximum absolute atomic E-state index is 6.33. The number of benzene rings is 3. The number of anilines is 2. The fourth-order valence-corrected chi connectivity index (χ4v) is 5.37. The number of fused-ring (bicyclic) bond motifs is 3. The van der Waals surface area contributed by atoms with Crippen LogP contribution in [0.15, 0.2) is 59.1 Å². The smallest absolute Gasteiger partial charge is 0.0640 e. The molecule has 1 N–H and O–H groups in total. The summed E-state index contributed by atoms with van der Waals surface area (Å²) in [6.45, 7) is 0. The Labute approximate surface area is 163 Å². The molecule has 0 spiro atoms. The van der Waals surface area contributed by atoms with Crippen LogP contribution in [0.1, 0.15) is 24.3 Å². The van der Waals surface area contributed by atoms with Gasteiger partial charge in [-0.2, -0.15) is 0 Å². The first-order chi connectivity index (χ1) is 12.2. The van der Waals surface area contributed by atoms with Crippen LogP contribution in [0, 0.1) is 0 Å². The maximum Gasteiger partial charge on any atom is 0.0640 e. The number of rotatable bonds is 3. The summed E-state index contributed by atoms with van der Waals surface area (Å²) < 4.78 is 3.73. The molecule has 0 radical (unpaired) electrons. The lowest BCUT2D eigenvalue weighted by Crippen LogP contribution is -1.91. The van der Waals surface area contributed by atoms with Crippen LogP contribution in [-0.4, -0.2) is 0 Å². The first-order valence-corrected chi connectivity index (χ1v) is 10.4. The quantitative estimate of drug-likeness (QED) is 0.347. The Hall–Kier alpha value is -1.55. The third-order valence-corrected chi connectivity index (χ3v) is 6.98. The van der Waals surface area contributed by atoms with Gasteiger partial charge in [-0.15, -0.1) is 11.3 Å². The van der Waals surface area contributed by atoms with Crippen molar-refractivity contribution in [2.24, 2.45) is 0 Å². The molecule has 1 aliphatic rings. The number of thiophene rings is 1. The van der Waals surface area contributed by atoms with Gasteiger partial charge in [-0.3, -0.25) is 0 Å². The number of para-hydroxylation sites is 1. The second-order valence-electron chi connectivity index (χ2n) is 6.54. The summed E-state index contributed by atoms with van der Waals surface area (Å²) in [7, 11) is 0. The highest BCUT2D eigenvalue weighted by atomic mass is 79.9. The third kappa shape index (κ3) is 2.75. The first kappa shape index (κ1) is 15.7. The molecule has 5 rings (SSSR count). The van der Waals surface area contributed by atoms with E-state index in [2.05, 4.69) is 51.6 Å². The minimum absolute atomic E-state index is 0.732. The molecule has 0 aliphatic heterocycles. The highest BCUT2D eigenvalue weighted by Gasteiger charge is 2.24. The molecule has 25 heavy (non-hydrogen) atoms. The van der Waals surface area contributed by atoms with E-state index in [4.69, 9.17) is 11.6 Å². The van der Waals surface area contributed by atoms with E-state index in [-0.39, 0.29) is 0 Å². The zero-order valence-electron chi connectivity index (χ0n) is 13.4. The van der Waals surface area contributed by atoms with Crippen LogP contribution in [0.3, 0.4) is 0 Å². The normalized spacial score (nSPS) is 14.3. The van der Waals surface area contributed by atoms with Crippen molar-refractivity contribution in [3.05, 3.63) is 69.7 Å². The highest BCUT2D eigenvalue weighted by Crippen LogP contribution is 2.46. The first-order valence-electron chi connectivity index (χ1n) is 8.37. The molecule has 0 amide bonds. The molecule has 1 saturated carbocycles. The summed E-state index contributed by atoms with van der Waals surface area (Å²) in [5.74, 6) is 0.766. The minimum Gasteiger partial charge on any atom is -0.353 e. The summed E-state index contributed by atoms with van der Waals surface area (Å²) in [6, 6.07) is 19.1. The second-order valence-corrected chi connectivity index (χ2v) is 8.85. The Bertz CT molecular complexity index is 1110. The van der Waals surface area contributed by atoms with Crippen LogP contribution < -0.4 is 5.32 Å². The third-order valence-electron chi connectivity index (χ3n) is 4.78. The molecule has 124 valence electrons. The maximum atomic E-state index is 6.33. The number of nitrogens with one attached hydrogen (secondary N) is 1. The SMILES string of the molecule is Clc1ccccc1Nc1ccc(Br)c2c1sc1ccc(C3CC3)cc12. The van der Waals surface area contributed by atoms with Crippen molar-refractivity contribution in [1.82, 2.24) is 0 Å². The molecule has 4 heteroatoms. The van der Waals surface area contributed by atoms with E-state index in [1.807, 2.05) is 35.6 Å². The van der Waals surface area contributed by atoms with E-state index in [1.54, 1.807) is 0 Å². The minimum atomic E-state index is 0.732. The lowest BCUT2D eigenvalue weighted by Gasteiger charge is -2.10.